The maximum atomic E-state index is 14.2. The van der Waals surface area contributed by atoms with Crippen LogP contribution in [0.25, 0.3) is 10.9 Å². The minimum atomic E-state index is -0.0765. The van der Waals surface area contributed by atoms with Gasteiger partial charge in [0.2, 0.25) is 0 Å². The molecule has 2 N–H and O–H groups in total. The largest absolute Gasteiger partial charge is 0.350 e. The first kappa shape index (κ1) is 10.8. The first-order valence-electron chi connectivity index (χ1n) is 6.10. The number of halogens is 1. The van der Waals surface area contributed by atoms with Crippen molar-refractivity contribution in [2.75, 3.05) is 0 Å². The molecule has 0 amide bonds. The van der Waals surface area contributed by atoms with Gasteiger partial charge in [0.25, 0.3) is 0 Å². The number of nitrogens with two attached hydrogens (primary N) is 1. The van der Waals surface area contributed by atoms with E-state index in [0.717, 1.165) is 36.8 Å². The number of aryl methyl sites for hydroxylation is 2. The van der Waals surface area contributed by atoms with E-state index < -0.39 is 0 Å². The summed E-state index contributed by atoms with van der Waals surface area (Å²) in [5.41, 5.74) is 7.77. The normalized spacial score (nSPS) is 17.6. The van der Waals surface area contributed by atoms with Crippen molar-refractivity contribution in [1.82, 2.24) is 4.57 Å². The summed E-state index contributed by atoms with van der Waals surface area (Å²) in [6, 6.07) is 5.72. The van der Waals surface area contributed by atoms with Crippen molar-refractivity contribution in [3.8, 4) is 0 Å². The standard InChI is InChI=1S/C14H17FN2/c1-17-9-5-11-12(17)3-2-10(13(11)15)4-6-14(16)7-8-14/h2-3,5,9H,4,6-8,16H2,1H3. The van der Waals surface area contributed by atoms with Gasteiger partial charge in [0.15, 0.2) is 0 Å². The lowest BCUT2D eigenvalue weighted by Gasteiger charge is -2.09. The van der Waals surface area contributed by atoms with Crippen LogP contribution in [0.1, 0.15) is 24.8 Å². The Bertz CT molecular complexity index is 567. The van der Waals surface area contributed by atoms with Gasteiger partial charge in [-0.05, 0) is 43.4 Å². The second-order valence-corrected chi connectivity index (χ2v) is 5.26. The predicted octanol–water partition coefficient (Wildman–Crippen LogP) is 2.74. The monoisotopic (exact) mass is 232 g/mol. The lowest BCUT2D eigenvalue weighted by molar-refractivity contribution is 0.577. The molecule has 1 aromatic carbocycles. The first-order chi connectivity index (χ1) is 8.09. The van der Waals surface area contributed by atoms with Gasteiger partial charge in [-0.25, -0.2) is 4.39 Å². The van der Waals surface area contributed by atoms with Crippen LogP contribution in [0, 0.1) is 5.82 Å². The Balaban J connectivity index is 1.91. The molecule has 1 fully saturated rings. The fourth-order valence-electron chi connectivity index (χ4n) is 2.35. The van der Waals surface area contributed by atoms with E-state index in [-0.39, 0.29) is 11.4 Å². The van der Waals surface area contributed by atoms with Gasteiger partial charge in [0.05, 0.1) is 5.52 Å². The van der Waals surface area contributed by atoms with Crippen molar-refractivity contribution in [3.63, 3.8) is 0 Å². The molecule has 3 rings (SSSR count). The van der Waals surface area contributed by atoms with E-state index in [1.807, 2.05) is 36.0 Å². The second kappa shape index (κ2) is 3.57. The molecule has 1 saturated carbocycles. The van der Waals surface area contributed by atoms with Gasteiger partial charge in [-0.15, -0.1) is 0 Å². The van der Waals surface area contributed by atoms with Crippen LogP contribution in [-0.2, 0) is 13.5 Å². The number of rotatable bonds is 3. The minimum absolute atomic E-state index is 0.00190. The Morgan fingerprint density at radius 1 is 1.35 bits per heavy atom. The molecule has 2 aromatic rings. The second-order valence-electron chi connectivity index (χ2n) is 5.26. The van der Waals surface area contributed by atoms with Gasteiger partial charge in [0.1, 0.15) is 5.82 Å². The molecule has 1 aliphatic rings. The molecule has 3 heteroatoms. The zero-order valence-electron chi connectivity index (χ0n) is 10.0. The van der Waals surface area contributed by atoms with Gasteiger partial charge in [-0.3, -0.25) is 0 Å². The topological polar surface area (TPSA) is 30.9 Å². The average Bonchev–Trinajstić information content (AvgIpc) is 2.92. The van der Waals surface area contributed by atoms with E-state index in [2.05, 4.69) is 0 Å². The van der Waals surface area contributed by atoms with Crippen LogP contribution in [0.3, 0.4) is 0 Å². The van der Waals surface area contributed by atoms with Gasteiger partial charge < -0.3 is 10.3 Å². The maximum Gasteiger partial charge on any atom is 0.135 e. The predicted molar refractivity (Wildman–Crippen MR) is 67.4 cm³/mol. The van der Waals surface area contributed by atoms with Crippen molar-refractivity contribution >= 4 is 10.9 Å². The molecule has 0 saturated heterocycles. The van der Waals surface area contributed by atoms with E-state index in [1.165, 1.54) is 0 Å². The van der Waals surface area contributed by atoms with Crippen LogP contribution in [-0.4, -0.2) is 10.1 Å². The third kappa shape index (κ3) is 1.84. The summed E-state index contributed by atoms with van der Waals surface area (Å²) >= 11 is 0. The smallest absolute Gasteiger partial charge is 0.135 e. The highest BCUT2D eigenvalue weighted by Gasteiger charge is 2.37. The number of nitrogens with zero attached hydrogens (tertiary/aromatic N) is 1. The van der Waals surface area contributed by atoms with Gasteiger partial charge in [-0.2, -0.15) is 0 Å². The molecule has 0 bridgehead atoms. The van der Waals surface area contributed by atoms with Gasteiger partial charge >= 0.3 is 0 Å². The zero-order chi connectivity index (χ0) is 12.0. The Hall–Kier alpha value is -1.35. The van der Waals surface area contributed by atoms with Crippen molar-refractivity contribution < 1.29 is 4.39 Å². The third-order valence-electron chi connectivity index (χ3n) is 3.87. The zero-order valence-corrected chi connectivity index (χ0v) is 10.0. The minimum Gasteiger partial charge on any atom is -0.350 e. The van der Waals surface area contributed by atoms with Crippen LogP contribution in [0.4, 0.5) is 4.39 Å². The van der Waals surface area contributed by atoms with E-state index in [4.69, 9.17) is 5.73 Å². The lowest BCUT2D eigenvalue weighted by atomic mass is 10.0. The molecule has 17 heavy (non-hydrogen) atoms. The van der Waals surface area contributed by atoms with E-state index in [0.29, 0.717) is 5.39 Å². The van der Waals surface area contributed by atoms with Crippen LogP contribution in [0.2, 0.25) is 0 Å². The first-order valence-corrected chi connectivity index (χ1v) is 6.10. The average molecular weight is 232 g/mol. The molecular formula is C14H17FN2. The lowest BCUT2D eigenvalue weighted by Crippen LogP contribution is -2.22. The summed E-state index contributed by atoms with van der Waals surface area (Å²) in [5.74, 6) is -0.0765. The molecule has 90 valence electrons. The number of hydrogen-bond donors (Lipinski definition) is 1. The fourth-order valence-corrected chi connectivity index (χ4v) is 2.35. The summed E-state index contributed by atoms with van der Waals surface area (Å²) in [6.45, 7) is 0. The number of aromatic nitrogens is 1. The molecule has 1 aliphatic carbocycles. The number of benzene rings is 1. The molecule has 0 unspecified atom stereocenters. The number of hydrogen-bond acceptors (Lipinski definition) is 1. The summed E-state index contributed by atoms with van der Waals surface area (Å²) in [4.78, 5) is 0. The van der Waals surface area contributed by atoms with Crippen molar-refractivity contribution in [2.45, 2.75) is 31.2 Å². The number of fused-ring (bicyclic) bond motifs is 1. The summed E-state index contributed by atoms with van der Waals surface area (Å²) in [7, 11) is 1.93. The highest BCUT2D eigenvalue weighted by Crippen LogP contribution is 2.37. The Morgan fingerprint density at radius 3 is 2.82 bits per heavy atom. The van der Waals surface area contributed by atoms with Crippen LogP contribution < -0.4 is 5.73 Å². The molecule has 1 heterocycles. The van der Waals surface area contributed by atoms with Gasteiger partial charge in [0, 0.05) is 24.2 Å². The summed E-state index contributed by atoms with van der Waals surface area (Å²) < 4.78 is 16.2. The fraction of sp³-hybridized carbons (Fsp3) is 0.429. The summed E-state index contributed by atoms with van der Waals surface area (Å²) in [6.07, 6.45) is 5.70. The highest BCUT2D eigenvalue weighted by atomic mass is 19.1. The molecule has 0 aliphatic heterocycles. The molecular weight excluding hydrogens is 215 g/mol. The van der Waals surface area contributed by atoms with Crippen molar-refractivity contribution in [3.05, 3.63) is 35.8 Å². The maximum absolute atomic E-state index is 14.2. The molecule has 0 spiro atoms. The van der Waals surface area contributed by atoms with Crippen molar-refractivity contribution in [1.29, 1.82) is 0 Å². The van der Waals surface area contributed by atoms with E-state index >= 15 is 0 Å². The third-order valence-corrected chi connectivity index (χ3v) is 3.87. The van der Waals surface area contributed by atoms with Crippen LogP contribution >= 0.6 is 0 Å². The van der Waals surface area contributed by atoms with Gasteiger partial charge in [-0.1, -0.05) is 6.07 Å². The molecule has 0 atom stereocenters. The molecule has 0 radical (unpaired) electrons. The molecule has 1 aromatic heterocycles. The van der Waals surface area contributed by atoms with E-state index in [9.17, 15) is 4.39 Å². The van der Waals surface area contributed by atoms with Crippen molar-refractivity contribution in [2.24, 2.45) is 12.8 Å². The van der Waals surface area contributed by atoms with E-state index in [1.54, 1.807) is 0 Å². The quantitative estimate of drug-likeness (QED) is 0.866. The highest BCUT2D eigenvalue weighted by molar-refractivity contribution is 5.81. The Morgan fingerprint density at radius 2 is 2.12 bits per heavy atom. The Kier molecular flexibility index (Phi) is 2.26. The van der Waals surface area contributed by atoms with Crippen LogP contribution in [0.5, 0.6) is 0 Å². The van der Waals surface area contributed by atoms with Crippen LogP contribution in [0.15, 0.2) is 24.4 Å². The molecule has 2 nitrogen and oxygen atoms in total. The Labute approximate surface area is 100 Å². The SMILES string of the molecule is Cn1ccc2c(F)c(CCC3(N)CC3)ccc21. The summed E-state index contributed by atoms with van der Waals surface area (Å²) in [5, 5.41) is 0.715.